The van der Waals surface area contributed by atoms with E-state index in [4.69, 9.17) is 9.47 Å². The van der Waals surface area contributed by atoms with Gasteiger partial charge in [0.2, 0.25) is 11.8 Å². The molecule has 2 aliphatic rings. The second-order valence-corrected chi connectivity index (χ2v) is 21.3. The van der Waals surface area contributed by atoms with Crippen molar-refractivity contribution in [2.24, 2.45) is 7.05 Å². The van der Waals surface area contributed by atoms with E-state index < -0.39 is 18.3 Å². The molecule has 0 saturated carbocycles. The van der Waals surface area contributed by atoms with Gasteiger partial charge in [0.25, 0.3) is 11.5 Å². The Morgan fingerprint density at radius 1 is 0.890 bits per heavy atom. The van der Waals surface area contributed by atoms with Gasteiger partial charge < -0.3 is 50.2 Å². The largest absolute Gasteiger partial charge is 0.495 e. The van der Waals surface area contributed by atoms with Gasteiger partial charge in [0, 0.05) is 74.3 Å². The average molecular weight is 1130 g/mol. The molecule has 2 saturated heterocycles. The summed E-state index contributed by atoms with van der Waals surface area (Å²) in [4.78, 5) is 61.3. The molecular weight excluding hydrogens is 1060 g/mol. The van der Waals surface area contributed by atoms with Crippen LogP contribution in [-0.2, 0) is 41.0 Å². The number of piperidine rings is 2. The zero-order chi connectivity index (χ0) is 58.0. The number of ether oxygens (including phenoxy) is 2. The van der Waals surface area contributed by atoms with Crippen LogP contribution in [0.3, 0.4) is 0 Å². The van der Waals surface area contributed by atoms with Crippen LogP contribution in [0.5, 0.6) is 5.75 Å². The van der Waals surface area contributed by atoms with Crippen molar-refractivity contribution in [1.82, 2.24) is 44.3 Å². The van der Waals surface area contributed by atoms with Gasteiger partial charge in [-0.2, -0.15) is 18.3 Å². The zero-order valence-corrected chi connectivity index (χ0v) is 46.7. The minimum Gasteiger partial charge on any atom is -0.495 e. The predicted octanol–water partition coefficient (Wildman–Crippen LogP) is 7.29. The maximum absolute atomic E-state index is 13.8. The molecule has 0 spiro atoms. The van der Waals surface area contributed by atoms with Gasteiger partial charge in [-0.1, -0.05) is 73.5 Å². The number of carbonyl (C=O) groups is 3. The number of nitrogens with one attached hydrogen (secondary N) is 4. The zero-order valence-electron chi connectivity index (χ0n) is 46.7. The number of aromatic nitrogens is 5. The molecule has 1 atom stereocenters. The minimum absolute atomic E-state index is 0.0285. The number of hydrogen-bond acceptors (Lipinski definition) is 12. The molecule has 2 fully saturated rings. The van der Waals surface area contributed by atoms with Crippen LogP contribution in [0, 0.1) is 11.8 Å². The molecule has 0 unspecified atom stereocenters. The van der Waals surface area contributed by atoms with Gasteiger partial charge in [-0.15, -0.1) is 0 Å². The Bertz CT molecular complexity index is 3500. The van der Waals surface area contributed by atoms with Gasteiger partial charge in [0.1, 0.15) is 17.8 Å². The van der Waals surface area contributed by atoms with E-state index in [1.54, 1.807) is 53.0 Å². The number of likely N-dealkylation sites (tertiary alicyclic amines) is 2. The highest BCUT2D eigenvalue weighted by molar-refractivity contribution is 5.96. The Morgan fingerprint density at radius 2 is 1.65 bits per heavy atom. The highest BCUT2D eigenvalue weighted by Gasteiger charge is 2.36. The van der Waals surface area contributed by atoms with Gasteiger partial charge in [-0.25, -0.2) is 4.98 Å². The molecule has 0 radical (unpaired) electrons. The number of aryl methyl sites for hydroxylation is 1. The summed E-state index contributed by atoms with van der Waals surface area (Å²) in [7, 11) is 5.28. The minimum atomic E-state index is -4.45. The van der Waals surface area contributed by atoms with Crippen molar-refractivity contribution in [3.8, 4) is 28.8 Å². The van der Waals surface area contributed by atoms with E-state index in [1.807, 2.05) is 67.6 Å². The number of alkyl halides is 3. The second-order valence-electron chi connectivity index (χ2n) is 21.3. The van der Waals surface area contributed by atoms with Crippen LogP contribution in [0.4, 0.5) is 24.5 Å². The third-order valence-corrected chi connectivity index (χ3v) is 15.3. The summed E-state index contributed by atoms with van der Waals surface area (Å²) < 4.78 is 56.8. The van der Waals surface area contributed by atoms with Crippen LogP contribution < -0.4 is 31.6 Å². The number of halogens is 3. The van der Waals surface area contributed by atoms with Gasteiger partial charge in [-0.3, -0.25) is 28.4 Å². The fraction of sp³-hybridized carbons (Fsp3) is 0.410. The Hall–Kier alpha value is -8.19. The van der Waals surface area contributed by atoms with E-state index in [1.165, 1.54) is 22.6 Å². The summed E-state index contributed by atoms with van der Waals surface area (Å²) in [5.41, 5.74) is 4.76. The molecule has 2 aliphatic heterocycles. The molecule has 5 heterocycles. The molecule has 4 aromatic carbocycles. The molecule has 9 rings (SSSR count). The van der Waals surface area contributed by atoms with Gasteiger partial charge in [0.15, 0.2) is 5.52 Å². The second kappa shape index (κ2) is 26.2. The quantitative estimate of drug-likeness (QED) is 0.0356. The van der Waals surface area contributed by atoms with Crippen molar-refractivity contribution < 1.29 is 42.1 Å². The third-order valence-electron chi connectivity index (χ3n) is 15.3. The SMILES string of the molecule is COc1cc(C(=O)NCCOCCC(=O)NCc2ccc(-c3c4ncn(CC5(O)CCN(C(=O)C[C@@H](C)c6ccccc6)CC5)c(=O)c4nn3C)cc2)ccc1NCC#Cc1cc2c(NC3CCN(C)CC3)cccc2n1CC(F)(F)F. The summed E-state index contributed by atoms with van der Waals surface area (Å²) in [6.45, 7) is 4.41. The Balaban J connectivity index is 0.690. The van der Waals surface area contributed by atoms with Crippen molar-refractivity contribution in [2.75, 3.05) is 77.3 Å². The number of benzene rings is 4. The number of hydrogen-bond donors (Lipinski definition) is 5. The number of fused-ring (bicyclic) bond motifs is 2. The van der Waals surface area contributed by atoms with E-state index in [-0.39, 0.29) is 92.3 Å². The van der Waals surface area contributed by atoms with Gasteiger partial charge >= 0.3 is 6.18 Å². The summed E-state index contributed by atoms with van der Waals surface area (Å²) in [6, 6.07) is 29.5. The number of methoxy groups -OCH3 is 1. The Morgan fingerprint density at radius 3 is 2.38 bits per heavy atom. The molecule has 0 aliphatic carbocycles. The lowest BCUT2D eigenvalue weighted by Gasteiger charge is -2.38. The molecule has 3 amide bonds. The van der Waals surface area contributed by atoms with Crippen molar-refractivity contribution in [1.29, 1.82) is 0 Å². The highest BCUT2D eigenvalue weighted by atomic mass is 19.4. The molecule has 0 bridgehead atoms. The average Bonchev–Trinajstić information content (AvgIpc) is 3.82. The highest BCUT2D eigenvalue weighted by Crippen LogP contribution is 2.33. The van der Waals surface area contributed by atoms with Gasteiger partial charge in [-0.05, 0) is 105 Å². The first-order valence-corrected chi connectivity index (χ1v) is 27.7. The van der Waals surface area contributed by atoms with Crippen LogP contribution in [0.2, 0.25) is 0 Å². The Kier molecular flexibility index (Phi) is 18.6. The number of nitrogens with zero attached hydrogens (tertiary/aromatic N) is 7. The first kappa shape index (κ1) is 58.5. The number of aliphatic hydroxyl groups is 1. The number of amides is 3. The predicted molar refractivity (Wildman–Crippen MR) is 309 cm³/mol. The third kappa shape index (κ3) is 14.6. The van der Waals surface area contributed by atoms with E-state index >= 15 is 0 Å². The van der Waals surface area contributed by atoms with Crippen LogP contribution in [-0.4, -0.2) is 141 Å². The maximum atomic E-state index is 13.8. The normalized spacial score (nSPS) is 15.2. The molecule has 7 aromatic rings. The van der Waals surface area contributed by atoms with E-state index in [0.717, 1.165) is 48.3 Å². The monoisotopic (exact) mass is 1130 g/mol. The van der Waals surface area contributed by atoms with E-state index in [2.05, 4.69) is 55.1 Å². The number of anilines is 2. The van der Waals surface area contributed by atoms with Crippen LogP contribution in [0.1, 0.15) is 78.5 Å². The van der Waals surface area contributed by atoms with E-state index in [0.29, 0.717) is 71.5 Å². The summed E-state index contributed by atoms with van der Waals surface area (Å²) in [5.74, 6) is 5.81. The lowest BCUT2D eigenvalue weighted by Crippen LogP contribution is -2.49. The van der Waals surface area contributed by atoms with Crippen LogP contribution in [0.25, 0.3) is 33.2 Å². The molecule has 3 aromatic heterocycles. The molecule has 5 N–H and O–H groups in total. The number of carbonyl (C=O) groups excluding carboxylic acids is 3. The maximum Gasteiger partial charge on any atom is 0.406 e. The topological polar surface area (TPSA) is 202 Å². The van der Waals surface area contributed by atoms with Gasteiger partial charge in [0.05, 0.1) is 67.9 Å². The molecular formula is C61H70F3N11O7. The first-order chi connectivity index (χ1) is 39.4. The summed E-state index contributed by atoms with van der Waals surface area (Å²) in [6.07, 6.45) is 0.00738. The lowest BCUT2D eigenvalue weighted by molar-refractivity contribution is -0.140. The summed E-state index contributed by atoms with van der Waals surface area (Å²) >= 11 is 0. The van der Waals surface area contributed by atoms with Crippen molar-refractivity contribution in [3.63, 3.8) is 0 Å². The van der Waals surface area contributed by atoms with E-state index in [9.17, 15) is 37.5 Å². The molecule has 21 heteroatoms. The fourth-order valence-electron chi connectivity index (χ4n) is 10.6. The smallest absolute Gasteiger partial charge is 0.406 e. The van der Waals surface area contributed by atoms with Crippen LogP contribution in [0.15, 0.2) is 108 Å². The fourth-order valence-corrected chi connectivity index (χ4v) is 10.6. The molecule has 82 heavy (non-hydrogen) atoms. The number of rotatable bonds is 21. The van der Waals surface area contributed by atoms with Crippen molar-refractivity contribution in [3.05, 3.63) is 136 Å². The lowest BCUT2D eigenvalue weighted by atomic mass is 9.90. The molecule has 432 valence electrons. The summed E-state index contributed by atoms with van der Waals surface area (Å²) in [5, 5.41) is 29.1. The first-order valence-electron chi connectivity index (χ1n) is 27.7. The van der Waals surface area contributed by atoms with Crippen molar-refractivity contribution in [2.45, 2.75) is 88.8 Å². The van der Waals surface area contributed by atoms with Crippen LogP contribution >= 0.6 is 0 Å². The Labute approximate surface area is 474 Å². The standard InChI is InChI=1S/C61H70F3N11O7/c1-41(43-10-6-5-7-11-43)34-54(77)73-30-24-60(80,25-31-73)38-74-40-68-55-56(59(74)79)70-72(3)57(55)44-17-15-42(16-18-44)37-67-53(76)23-32-82-33-27-66-58(78)45-19-20-50(52(35-45)81-4)65-26-9-12-47-36-48-49(69-46-21-28-71(2)29-22-46)13-8-14-51(48)75(47)39-61(62,63)64/h5-8,10-11,13-20,35-36,40-41,46,65,69,80H,21-34,37-39H2,1-4H3,(H,66,78)(H,67,76)/t41-/m1/s1. The van der Waals surface area contributed by atoms with Crippen molar-refractivity contribution >= 4 is 51.0 Å². The molecule has 18 nitrogen and oxygen atoms in total.